The maximum atomic E-state index is 9.96. The van der Waals surface area contributed by atoms with E-state index in [0.29, 0.717) is 5.56 Å². The summed E-state index contributed by atoms with van der Waals surface area (Å²) in [5.74, 6) is 1.40. The van der Waals surface area contributed by atoms with E-state index >= 15 is 0 Å². The lowest BCUT2D eigenvalue weighted by Crippen LogP contribution is -3.13. The second-order valence-electron chi connectivity index (χ2n) is 8.90. The van der Waals surface area contributed by atoms with Gasteiger partial charge in [0.25, 0.3) is 0 Å². The minimum Gasteiger partial charge on any atom is -0.346 e. The summed E-state index contributed by atoms with van der Waals surface area (Å²) in [5.41, 5.74) is 5.83. The number of anilines is 1. The minimum absolute atomic E-state index is 0.255. The molecule has 0 unspecified atom stereocenters. The first-order valence-corrected chi connectivity index (χ1v) is 11.6. The standard InChI is InChI=1S/C26H26ClN5/c1-18(2)21-15-25(32-24-6-4-3-5-23(24)29-26(32)22(21)16-28)31-13-11-30(12-14-31)17-19-7-9-20(27)10-8-19/h3-10,15,18H,11-14,17H2,1-2H3/p+1. The number of nitrogens with zero attached hydrogens (tertiary/aromatic N) is 4. The quantitative estimate of drug-likeness (QED) is 0.516. The zero-order valence-electron chi connectivity index (χ0n) is 18.5. The Balaban J connectivity index is 1.50. The van der Waals surface area contributed by atoms with Crippen molar-refractivity contribution in [3.05, 3.63) is 76.3 Å². The number of nitriles is 1. The number of benzene rings is 2. The van der Waals surface area contributed by atoms with Crippen molar-refractivity contribution in [3.8, 4) is 6.07 Å². The molecule has 3 heterocycles. The second kappa shape index (κ2) is 8.46. The van der Waals surface area contributed by atoms with Crippen molar-refractivity contribution in [2.45, 2.75) is 26.3 Å². The van der Waals surface area contributed by atoms with Gasteiger partial charge in [0.15, 0.2) is 5.65 Å². The van der Waals surface area contributed by atoms with Crippen LogP contribution in [0.5, 0.6) is 0 Å². The van der Waals surface area contributed by atoms with Crippen molar-refractivity contribution in [1.82, 2.24) is 9.38 Å². The van der Waals surface area contributed by atoms with E-state index in [-0.39, 0.29) is 5.92 Å². The van der Waals surface area contributed by atoms with Crippen molar-refractivity contribution in [2.75, 3.05) is 31.1 Å². The lowest BCUT2D eigenvalue weighted by atomic mass is 9.98. The Hall–Kier alpha value is -3.07. The fraction of sp³-hybridized carbons (Fsp3) is 0.308. The molecule has 1 saturated heterocycles. The number of para-hydroxylation sites is 2. The molecule has 0 aliphatic carbocycles. The molecule has 5 rings (SSSR count). The smallest absolute Gasteiger partial charge is 0.157 e. The number of fused-ring (bicyclic) bond motifs is 3. The molecule has 6 heteroatoms. The van der Waals surface area contributed by atoms with Crippen LogP contribution in [-0.2, 0) is 6.54 Å². The van der Waals surface area contributed by atoms with Crippen molar-refractivity contribution < 1.29 is 4.90 Å². The molecule has 0 amide bonds. The highest BCUT2D eigenvalue weighted by molar-refractivity contribution is 6.30. The molecule has 1 N–H and O–H groups in total. The van der Waals surface area contributed by atoms with Crippen LogP contribution < -0.4 is 9.80 Å². The summed E-state index contributed by atoms with van der Waals surface area (Å²) in [6.07, 6.45) is 0. The molecule has 0 atom stereocenters. The highest BCUT2D eigenvalue weighted by atomic mass is 35.5. The second-order valence-corrected chi connectivity index (χ2v) is 9.34. The topological polar surface area (TPSA) is 48.8 Å². The third-order valence-corrected chi connectivity index (χ3v) is 6.73. The predicted octanol–water partition coefficient (Wildman–Crippen LogP) is 4.04. The van der Waals surface area contributed by atoms with Gasteiger partial charge in [0, 0.05) is 10.6 Å². The molecule has 1 fully saturated rings. The Bertz CT molecular complexity index is 1310. The minimum atomic E-state index is 0.255. The first kappa shape index (κ1) is 20.8. The van der Waals surface area contributed by atoms with Crippen LogP contribution in [0, 0.1) is 11.3 Å². The fourth-order valence-corrected chi connectivity index (χ4v) is 4.88. The number of aromatic nitrogens is 2. The zero-order valence-corrected chi connectivity index (χ0v) is 19.2. The molecule has 1 aliphatic rings. The molecule has 0 spiro atoms. The molecule has 0 saturated carbocycles. The van der Waals surface area contributed by atoms with Crippen molar-refractivity contribution >= 4 is 34.1 Å². The summed E-state index contributed by atoms with van der Waals surface area (Å²) in [6.45, 7) is 9.36. The van der Waals surface area contributed by atoms with E-state index in [1.807, 2.05) is 30.3 Å². The van der Waals surface area contributed by atoms with Crippen LogP contribution in [-0.4, -0.2) is 35.6 Å². The molecule has 0 radical (unpaired) electrons. The number of nitrogens with one attached hydrogen (secondary N) is 1. The van der Waals surface area contributed by atoms with E-state index in [2.05, 4.69) is 53.5 Å². The Kier molecular flexibility index (Phi) is 5.50. The number of rotatable bonds is 4. The number of quaternary nitrogens is 1. The molecule has 2 aromatic carbocycles. The van der Waals surface area contributed by atoms with Gasteiger partial charge in [-0.15, -0.1) is 0 Å². The van der Waals surface area contributed by atoms with Crippen molar-refractivity contribution in [1.29, 1.82) is 5.26 Å². The SMILES string of the molecule is CC(C)c1cc(N2CC[NH+](Cc3ccc(Cl)cc3)CC2)n2c(nc3ccccc32)c1C#N. The number of halogens is 1. The number of piperazine rings is 1. The Morgan fingerprint density at radius 3 is 2.50 bits per heavy atom. The molecule has 0 bridgehead atoms. The van der Waals surface area contributed by atoms with Gasteiger partial charge in [-0.1, -0.05) is 49.7 Å². The van der Waals surface area contributed by atoms with Crippen LogP contribution >= 0.6 is 11.6 Å². The molecular weight excluding hydrogens is 418 g/mol. The zero-order chi connectivity index (χ0) is 22.2. The normalized spacial score (nSPS) is 15.0. The lowest BCUT2D eigenvalue weighted by molar-refractivity contribution is -0.914. The molecule has 5 nitrogen and oxygen atoms in total. The third-order valence-electron chi connectivity index (χ3n) is 6.48. The van der Waals surface area contributed by atoms with Gasteiger partial charge in [0.05, 0.1) is 42.8 Å². The average Bonchev–Trinajstić information content (AvgIpc) is 3.19. The molecular formula is C26H27ClN5+. The molecule has 162 valence electrons. The summed E-state index contributed by atoms with van der Waals surface area (Å²) >= 11 is 6.04. The summed E-state index contributed by atoms with van der Waals surface area (Å²) < 4.78 is 2.18. The number of hydrogen-bond acceptors (Lipinski definition) is 3. The van der Waals surface area contributed by atoms with Gasteiger partial charge in [-0.25, -0.2) is 4.98 Å². The van der Waals surface area contributed by atoms with Crippen LogP contribution in [0.4, 0.5) is 5.82 Å². The highest BCUT2D eigenvalue weighted by Gasteiger charge is 2.25. The van der Waals surface area contributed by atoms with Crippen molar-refractivity contribution in [3.63, 3.8) is 0 Å². The number of hydrogen-bond donors (Lipinski definition) is 1. The van der Waals surface area contributed by atoms with Crippen LogP contribution in [0.3, 0.4) is 0 Å². The summed E-state index contributed by atoms with van der Waals surface area (Å²) in [6, 6.07) is 21.0. The Morgan fingerprint density at radius 2 is 1.81 bits per heavy atom. The Morgan fingerprint density at radius 1 is 1.09 bits per heavy atom. The van der Waals surface area contributed by atoms with E-state index in [9.17, 15) is 5.26 Å². The lowest BCUT2D eigenvalue weighted by Gasteiger charge is -2.34. The largest absolute Gasteiger partial charge is 0.346 e. The highest BCUT2D eigenvalue weighted by Crippen LogP contribution is 2.32. The monoisotopic (exact) mass is 444 g/mol. The van der Waals surface area contributed by atoms with Gasteiger partial charge in [-0.2, -0.15) is 5.26 Å². The summed E-state index contributed by atoms with van der Waals surface area (Å²) in [5, 5.41) is 10.7. The van der Waals surface area contributed by atoms with Gasteiger partial charge < -0.3 is 9.80 Å². The van der Waals surface area contributed by atoms with Gasteiger partial charge in [-0.3, -0.25) is 4.40 Å². The first-order valence-electron chi connectivity index (χ1n) is 11.2. The number of imidazole rings is 1. The third kappa shape index (κ3) is 3.70. The van der Waals surface area contributed by atoms with E-state index in [1.54, 1.807) is 4.90 Å². The molecule has 32 heavy (non-hydrogen) atoms. The van der Waals surface area contributed by atoms with E-state index in [4.69, 9.17) is 16.6 Å². The van der Waals surface area contributed by atoms with E-state index in [1.165, 1.54) is 5.56 Å². The maximum absolute atomic E-state index is 9.96. The van der Waals surface area contributed by atoms with Crippen LogP contribution in [0.25, 0.3) is 16.7 Å². The molecule has 1 aliphatic heterocycles. The molecule has 2 aromatic heterocycles. The van der Waals surface area contributed by atoms with E-state index in [0.717, 1.165) is 65.8 Å². The average molecular weight is 445 g/mol. The first-order chi connectivity index (χ1) is 15.5. The maximum Gasteiger partial charge on any atom is 0.157 e. The Labute approximate surface area is 193 Å². The van der Waals surface area contributed by atoms with Crippen molar-refractivity contribution in [2.24, 2.45) is 0 Å². The molecule has 4 aromatic rings. The van der Waals surface area contributed by atoms with Crippen LogP contribution in [0.2, 0.25) is 5.02 Å². The van der Waals surface area contributed by atoms with E-state index < -0.39 is 0 Å². The predicted molar refractivity (Wildman–Crippen MR) is 130 cm³/mol. The van der Waals surface area contributed by atoms with Crippen LogP contribution in [0.15, 0.2) is 54.6 Å². The van der Waals surface area contributed by atoms with Gasteiger partial charge >= 0.3 is 0 Å². The summed E-state index contributed by atoms with van der Waals surface area (Å²) in [7, 11) is 0. The van der Waals surface area contributed by atoms with Gasteiger partial charge in [-0.05, 0) is 41.8 Å². The van der Waals surface area contributed by atoms with Crippen LogP contribution in [0.1, 0.15) is 36.5 Å². The summed E-state index contributed by atoms with van der Waals surface area (Å²) in [4.78, 5) is 8.89. The van der Waals surface area contributed by atoms with Gasteiger partial charge in [0.1, 0.15) is 18.4 Å². The fourth-order valence-electron chi connectivity index (χ4n) is 4.75. The van der Waals surface area contributed by atoms with Gasteiger partial charge in [0.2, 0.25) is 0 Å². The number of pyridine rings is 1.